The number of likely N-dealkylation sites (tertiary alicyclic amines) is 1. The Morgan fingerprint density at radius 1 is 1.12 bits per heavy atom. The largest absolute Gasteiger partial charge is 0.455 e. The summed E-state index contributed by atoms with van der Waals surface area (Å²) in [5.41, 5.74) is -0.575. The van der Waals surface area contributed by atoms with Crippen LogP contribution in [-0.2, 0) is 28.7 Å². The number of hydrogen-bond donors (Lipinski definition) is 1. The lowest BCUT2D eigenvalue weighted by molar-refractivity contribution is -0.165. The molecule has 3 saturated heterocycles. The number of rotatable bonds is 16. The maximum atomic E-state index is 15.0. The van der Waals surface area contributed by atoms with E-state index in [2.05, 4.69) is 29.1 Å². The number of amides is 3. The highest BCUT2D eigenvalue weighted by atomic mass is 79.9. The molecule has 280 valence electrons. The van der Waals surface area contributed by atoms with Crippen molar-refractivity contribution in [3.8, 4) is 0 Å². The predicted molar refractivity (Wildman–Crippen MR) is 199 cm³/mol. The first-order chi connectivity index (χ1) is 24.4. The summed E-state index contributed by atoms with van der Waals surface area (Å²) in [6, 6.07) is 7.12. The van der Waals surface area contributed by atoms with Crippen LogP contribution in [0.4, 0.5) is 0 Å². The number of fused-ring (bicyclic) bond motifs is 1. The molecule has 1 aromatic rings. The molecular weight excluding hydrogens is 714 g/mol. The molecule has 0 radical (unpaired) electrons. The lowest BCUT2D eigenvalue weighted by Crippen LogP contribution is -2.60. The van der Waals surface area contributed by atoms with Crippen LogP contribution in [-0.4, -0.2) is 104 Å². The Kier molecular flexibility index (Phi) is 12.9. The Bertz CT molecular complexity index is 1430. The second-order valence-electron chi connectivity index (χ2n) is 15.3. The smallest absolute Gasteiger partial charge is 0.313 e. The zero-order valence-electron chi connectivity index (χ0n) is 30.6. The number of carbonyl (C=O) groups is 4. The van der Waals surface area contributed by atoms with Crippen LogP contribution in [0.2, 0.25) is 0 Å². The van der Waals surface area contributed by atoms with Crippen LogP contribution in [0.25, 0.3) is 0 Å². The third-order valence-corrected chi connectivity index (χ3v) is 12.4. The van der Waals surface area contributed by atoms with Gasteiger partial charge in [0.1, 0.15) is 17.7 Å². The van der Waals surface area contributed by atoms with Crippen molar-refractivity contribution in [3.05, 3.63) is 61.2 Å². The molecular formula is C40H56BrN3O7. The molecule has 1 aliphatic carbocycles. The Morgan fingerprint density at radius 2 is 1.80 bits per heavy atom. The van der Waals surface area contributed by atoms with Crippen molar-refractivity contribution in [1.82, 2.24) is 14.7 Å². The molecule has 3 amide bonds. The third-order valence-electron chi connectivity index (χ3n) is 11.6. The average Bonchev–Trinajstić information content (AvgIpc) is 3.73. The molecule has 1 unspecified atom stereocenters. The first-order valence-electron chi connectivity index (χ1n) is 18.7. The SMILES string of the molecule is C=CCCC(=O)N(C)[C@H](C)[C@H](OC(=O)[C@@H]1[C@H]2O[C@@]3(CC2Br)[C@H](C(=O)N(CC=C)C2CCCCC2)N([C@@H](CO)CC(C)C)C(=O)[C@@H]13)c1ccccc1. The van der Waals surface area contributed by atoms with Crippen molar-refractivity contribution in [1.29, 1.82) is 0 Å². The summed E-state index contributed by atoms with van der Waals surface area (Å²) < 4.78 is 13.2. The Labute approximate surface area is 311 Å². The van der Waals surface area contributed by atoms with Gasteiger partial charge in [0.15, 0.2) is 0 Å². The molecule has 11 heteroatoms. The molecule has 5 rings (SSSR count). The number of carbonyl (C=O) groups excluding carboxylic acids is 4. The molecule has 1 spiro atoms. The van der Waals surface area contributed by atoms with Crippen LogP contribution in [0.3, 0.4) is 0 Å². The maximum absolute atomic E-state index is 15.0. The lowest BCUT2D eigenvalue weighted by Gasteiger charge is -2.42. The van der Waals surface area contributed by atoms with Crippen molar-refractivity contribution < 1.29 is 33.8 Å². The van der Waals surface area contributed by atoms with E-state index in [0.717, 1.165) is 32.1 Å². The molecule has 10 nitrogen and oxygen atoms in total. The van der Waals surface area contributed by atoms with Crippen molar-refractivity contribution in [3.63, 3.8) is 0 Å². The fraction of sp³-hybridized carbons (Fsp3) is 0.650. The van der Waals surface area contributed by atoms with Gasteiger partial charge in [0.25, 0.3) is 0 Å². The minimum absolute atomic E-state index is 0.00718. The number of halogens is 1. The van der Waals surface area contributed by atoms with E-state index in [-0.39, 0.29) is 47.5 Å². The predicted octanol–water partition coefficient (Wildman–Crippen LogP) is 5.59. The van der Waals surface area contributed by atoms with Gasteiger partial charge in [0.2, 0.25) is 17.7 Å². The number of likely N-dealkylation sites (N-methyl/N-ethyl adjacent to an activating group) is 1. The number of allylic oxidation sites excluding steroid dienone is 1. The average molecular weight is 771 g/mol. The molecule has 4 aliphatic rings. The zero-order chi connectivity index (χ0) is 37.0. The summed E-state index contributed by atoms with van der Waals surface area (Å²) >= 11 is 3.78. The van der Waals surface area contributed by atoms with E-state index in [4.69, 9.17) is 9.47 Å². The van der Waals surface area contributed by atoms with Crippen LogP contribution < -0.4 is 0 Å². The van der Waals surface area contributed by atoms with E-state index in [9.17, 15) is 19.5 Å². The summed E-state index contributed by atoms with van der Waals surface area (Å²) in [4.78, 5) is 62.3. The Hall–Kier alpha value is -3.02. The molecule has 51 heavy (non-hydrogen) atoms. The highest BCUT2D eigenvalue weighted by Gasteiger charge is 2.77. The summed E-state index contributed by atoms with van der Waals surface area (Å²) in [6.45, 7) is 13.6. The molecule has 4 fully saturated rings. The number of benzene rings is 1. The van der Waals surface area contributed by atoms with Crippen LogP contribution in [0.15, 0.2) is 55.6 Å². The van der Waals surface area contributed by atoms with E-state index >= 15 is 4.79 Å². The Morgan fingerprint density at radius 3 is 2.41 bits per heavy atom. The molecule has 3 heterocycles. The highest BCUT2D eigenvalue weighted by molar-refractivity contribution is 9.09. The van der Waals surface area contributed by atoms with Gasteiger partial charge in [-0.25, -0.2) is 0 Å². The van der Waals surface area contributed by atoms with Gasteiger partial charge in [-0.1, -0.05) is 91.5 Å². The van der Waals surface area contributed by atoms with Gasteiger partial charge in [-0.15, -0.1) is 13.2 Å². The van der Waals surface area contributed by atoms with Gasteiger partial charge in [-0.3, -0.25) is 19.2 Å². The Balaban J connectivity index is 1.53. The second kappa shape index (κ2) is 16.8. The van der Waals surface area contributed by atoms with E-state index in [1.807, 2.05) is 56.0 Å². The van der Waals surface area contributed by atoms with Gasteiger partial charge in [-0.2, -0.15) is 0 Å². The van der Waals surface area contributed by atoms with Crippen LogP contribution >= 0.6 is 15.9 Å². The quantitative estimate of drug-likeness (QED) is 0.133. The van der Waals surface area contributed by atoms with Crippen LogP contribution in [0.5, 0.6) is 0 Å². The van der Waals surface area contributed by atoms with Gasteiger partial charge < -0.3 is 29.3 Å². The van der Waals surface area contributed by atoms with E-state index < -0.39 is 53.7 Å². The number of nitrogens with zero attached hydrogens (tertiary/aromatic N) is 3. The fourth-order valence-electron chi connectivity index (χ4n) is 9.06. The molecule has 2 bridgehead atoms. The van der Waals surface area contributed by atoms with E-state index in [1.165, 1.54) is 0 Å². The minimum atomic E-state index is -1.29. The van der Waals surface area contributed by atoms with E-state index in [0.29, 0.717) is 31.4 Å². The van der Waals surface area contributed by atoms with Gasteiger partial charge in [0, 0.05) is 30.9 Å². The molecule has 1 saturated carbocycles. The van der Waals surface area contributed by atoms with Crippen molar-refractivity contribution in [2.75, 3.05) is 20.2 Å². The molecule has 3 aliphatic heterocycles. The third kappa shape index (κ3) is 7.58. The molecule has 9 atom stereocenters. The summed E-state index contributed by atoms with van der Waals surface area (Å²) in [5, 5.41) is 10.7. The monoisotopic (exact) mass is 769 g/mol. The number of aliphatic hydroxyl groups is 1. The fourth-order valence-corrected chi connectivity index (χ4v) is 10.0. The second-order valence-corrected chi connectivity index (χ2v) is 16.5. The molecule has 0 aromatic heterocycles. The summed E-state index contributed by atoms with van der Waals surface area (Å²) in [6.07, 6.45) is 8.43. The zero-order valence-corrected chi connectivity index (χ0v) is 32.2. The van der Waals surface area contributed by atoms with Crippen molar-refractivity contribution in [2.24, 2.45) is 17.8 Å². The number of alkyl halides is 1. The number of esters is 1. The maximum Gasteiger partial charge on any atom is 0.313 e. The normalized spacial score (nSPS) is 29.0. The number of aliphatic hydroxyl groups excluding tert-OH is 1. The van der Waals surface area contributed by atoms with E-state index in [1.54, 1.807) is 29.0 Å². The first kappa shape index (κ1) is 39.2. The van der Waals surface area contributed by atoms with Gasteiger partial charge >= 0.3 is 5.97 Å². The van der Waals surface area contributed by atoms with Crippen molar-refractivity contribution in [2.45, 2.75) is 125 Å². The molecule has 1 aromatic carbocycles. The van der Waals surface area contributed by atoms with Gasteiger partial charge in [-0.05, 0) is 50.5 Å². The minimum Gasteiger partial charge on any atom is -0.455 e. The van der Waals surface area contributed by atoms with Gasteiger partial charge in [0.05, 0.1) is 36.6 Å². The van der Waals surface area contributed by atoms with Crippen LogP contribution in [0.1, 0.15) is 90.2 Å². The first-order valence-corrected chi connectivity index (χ1v) is 19.6. The standard InChI is InChI=1S/C40H56BrN3O7/c1-7-9-20-31(46)42(6)26(5)34(27-16-12-10-13-17-27)50-39(49)32-33-37(47)44(29(24-45)22-25(3)4)36(40(33)23-30(41)35(32)51-40)38(48)43(21-8-2)28-18-14-11-15-19-28/h7-8,10,12-13,16-17,25-26,28-30,32-36,45H,1-2,9,11,14-15,18-24H2,3-6H3/t26-,29-,30?,32+,33-,34+,35+,36+,40-/m1/s1. The summed E-state index contributed by atoms with van der Waals surface area (Å²) in [7, 11) is 1.70. The van der Waals surface area contributed by atoms with Crippen LogP contribution in [0, 0.1) is 17.8 Å². The number of hydrogen-bond acceptors (Lipinski definition) is 7. The topological polar surface area (TPSA) is 117 Å². The highest BCUT2D eigenvalue weighted by Crippen LogP contribution is 2.61. The summed E-state index contributed by atoms with van der Waals surface area (Å²) in [5.74, 6) is -3.14. The lowest BCUT2D eigenvalue weighted by atomic mass is 9.70. The molecule has 1 N–H and O–H groups in total. The van der Waals surface area contributed by atoms with Crippen molar-refractivity contribution >= 4 is 39.6 Å². The number of ether oxygens (including phenoxy) is 2.